The highest BCUT2D eigenvalue weighted by Crippen LogP contribution is 2.11. The van der Waals surface area contributed by atoms with Crippen LogP contribution in [0.2, 0.25) is 0 Å². The molecule has 0 bridgehead atoms. The molecule has 1 heterocycles. The maximum absolute atomic E-state index is 5.79. The van der Waals surface area contributed by atoms with E-state index in [-0.39, 0.29) is 0 Å². The minimum atomic E-state index is 0.602. The average molecular weight is 232 g/mol. The highest BCUT2D eigenvalue weighted by molar-refractivity contribution is 9.11. The van der Waals surface area contributed by atoms with Gasteiger partial charge < -0.3 is 16.4 Å². The minimum absolute atomic E-state index is 0.602. The first-order valence-electron chi connectivity index (χ1n) is 4.03. The van der Waals surface area contributed by atoms with Gasteiger partial charge in [0.05, 0.1) is 10.4 Å². The maximum atomic E-state index is 5.79. The number of rotatable bonds is 2. The largest absolute Gasteiger partial charge is 0.393 e. The molecule has 0 aromatic carbocycles. The summed E-state index contributed by atoms with van der Waals surface area (Å²) in [6.07, 6.45) is 6.06. The third-order valence-electron chi connectivity index (χ3n) is 1.88. The molecule has 0 unspecified atom stereocenters. The van der Waals surface area contributed by atoms with Crippen LogP contribution in [-0.4, -0.2) is 18.0 Å². The quantitative estimate of drug-likeness (QED) is 0.553. The van der Waals surface area contributed by atoms with Crippen molar-refractivity contribution >= 4 is 15.9 Å². The molecule has 0 radical (unpaired) electrons. The highest BCUT2D eigenvalue weighted by Gasteiger charge is 2.10. The van der Waals surface area contributed by atoms with Crippen molar-refractivity contribution in [1.82, 2.24) is 4.90 Å². The van der Waals surface area contributed by atoms with Crippen LogP contribution in [0, 0.1) is 0 Å². The van der Waals surface area contributed by atoms with Crippen LogP contribution in [0.25, 0.3) is 0 Å². The van der Waals surface area contributed by atoms with E-state index in [0.717, 1.165) is 18.9 Å². The van der Waals surface area contributed by atoms with Crippen LogP contribution in [0.4, 0.5) is 0 Å². The van der Waals surface area contributed by atoms with E-state index >= 15 is 0 Å². The van der Waals surface area contributed by atoms with Crippen LogP contribution < -0.4 is 11.5 Å². The maximum Gasteiger partial charge on any atom is 0.0987 e. The van der Waals surface area contributed by atoms with Crippen molar-refractivity contribution < 1.29 is 0 Å². The second-order valence-electron chi connectivity index (χ2n) is 2.84. The zero-order valence-electron chi connectivity index (χ0n) is 6.96. The molecule has 0 aliphatic carbocycles. The second-order valence-corrected chi connectivity index (χ2v) is 3.75. The summed E-state index contributed by atoms with van der Waals surface area (Å²) in [5, 5.41) is 0. The first-order valence-corrected chi connectivity index (χ1v) is 4.83. The van der Waals surface area contributed by atoms with Gasteiger partial charge >= 0.3 is 0 Å². The lowest BCUT2D eigenvalue weighted by atomic mass is 10.4. The normalized spacial score (nSPS) is 20.2. The van der Waals surface area contributed by atoms with Crippen LogP contribution >= 0.6 is 15.9 Å². The molecule has 4 N–H and O–H groups in total. The van der Waals surface area contributed by atoms with Gasteiger partial charge in [-0.1, -0.05) is 0 Å². The van der Waals surface area contributed by atoms with Crippen LogP contribution in [0.15, 0.2) is 22.6 Å². The Morgan fingerprint density at radius 1 is 1.17 bits per heavy atom. The van der Waals surface area contributed by atoms with Gasteiger partial charge in [-0.3, -0.25) is 0 Å². The summed E-state index contributed by atoms with van der Waals surface area (Å²) in [7, 11) is 0. The summed E-state index contributed by atoms with van der Waals surface area (Å²) < 4.78 is 0.602. The Balaban J connectivity index is 2.50. The van der Waals surface area contributed by atoms with Gasteiger partial charge in [0.15, 0.2) is 0 Å². The van der Waals surface area contributed by atoms with Crippen molar-refractivity contribution in [3.8, 4) is 0 Å². The standard InChI is InChI=1S/C8H14BrN3/c9-7(10)3-4-8(11)12-5-1-2-6-12/h3-4H,1-2,5-6,10-11H2/b7-3-,8-4+. The molecule has 1 rings (SSSR count). The van der Waals surface area contributed by atoms with Gasteiger partial charge in [0.2, 0.25) is 0 Å². The summed E-state index contributed by atoms with van der Waals surface area (Å²) in [6.45, 7) is 2.14. The Hall–Kier alpha value is -0.640. The Labute approximate surface area is 81.2 Å². The Kier molecular flexibility index (Phi) is 3.47. The molecule has 0 amide bonds. The zero-order valence-corrected chi connectivity index (χ0v) is 8.55. The lowest BCUT2D eigenvalue weighted by Crippen LogP contribution is -2.24. The van der Waals surface area contributed by atoms with Gasteiger partial charge in [-0.15, -0.1) is 0 Å². The minimum Gasteiger partial charge on any atom is -0.393 e. The van der Waals surface area contributed by atoms with Crippen molar-refractivity contribution in [2.45, 2.75) is 12.8 Å². The van der Waals surface area contributed by atoms with E-state index in [4.69, 9.17) is 11.5 Å². The molecule has 3 nitrogen and oxygen atoms in total. The summed E-state index contributed by atoms with van der Waals surface area (Å²) in [5.41, 5.74) is 11.2. The SMILES string of the molecule is N/C(Br)=C\C=C(/N)N1CCCC1. The van der Waals surface area contributed by atoms with E-state index in [1.54, 1.807) is 6.08 Å². The molecule has 1 fully saturated rings. The van der Waals surface area contributed by atoms with Gasteiger partial charge in [0.25, 0.3) is 0 Å². The fourth-order valence-corrected chi connectivity index (χ4v) is 1.38. The molecule has 0 aromatic heterocycles. The van der Waals surface area contributed by atoms with Crippen molar-refractivity contribution in [1.29, 1.82) is 0 Å². The van der Waals surface area contributed by atoms with Crippen LogP contribution in [0.5, 0.6) is 0 Å². The van der Waals surface area contributed by atoms with E-state index < -0.39 is 0 Å². The van der Waals surface area contributed by atoms with E-state index in [9.17, 15) is 0 Å². The fourth-order valence-electron chi connectivity index (χ4n) is 1.25. The zero-order chi connectivity index (χ0) is 8.97. The van der Waals surface area contributed by atoms with Gasteiger partial charge in [-0.05, 0) is 40.9 Å². The second kappa shape index (κ2) is 4.40. The molecule has 1 aliphatic rings. The Bertz CT molecular complexity index is 200. The molecule has 0 saturated carbocycles. The molecular weight excluding hydrogens is 218 g/mol. The predicted molar refractivity (Wildman–Crippen MR) is 54.3 cm³/mol. The van der Waals surface area contributed by atoms with Crippen LogP contribution in [0.1, 0.15) is 12.8 Å². The molecular formula is C8H14BrN3. The van der Waals surface area contributed by atoms with E-state index in [1.807, 2.05) is 6.08 Å². The topological polar surface area (TPSA) is 55.3 Å². The molecule has 0 atom stereocenters. The summed E-state index contributed by atoms with van der Waals surface area (Å²) in [6, 6.07) is 0. The summed E-state index contributed by atoms with van der Waals surface area (Å²) >= 11 is 3.13. The average Bonchev–Trinajstić information content (AvgIpc) is 2.51. The van der Waals surface area contributed by atoms with Crippen LogP contribution in [0.3, 0.4) is 0 Å². The van der Waals surface area contributed by atoms with Crippen LogP contribution in [-0.2, 0) is 0 Å². The monoisotopic (exact) mass is 231 g/mol. The number of hydrogen-bond donors (Lipinski definition) is 2. The number of nitrogens with two attached hydrogens (primary N) is 2. The van der Waals surface area contributed by atoms with Crippen molar-refractivity contribution in [2.24, 2.45) is 11.5 Å². The smallest absolute Gasteiger partial charge is 0.0987 e. The van der Waals surface area contributed by atoms with Gasteiger partial charge in [0.1, 0.15) is 0 Å². The number of halogens is 1. The lowest BCUT2D eigenvalue weighted by Gasteiger charge is -2.16. The molecule has 0 aromatic rings. The molecule has 1 aliphatic heterocycles. The number of likely N-dealkylation sites (tertiary alicyclic amines) is 1. The van der Waals surface area contributed by atoms with Crippen molar-refractivity contribution in [3.05, 3.63) is 22.6 Å². The van der Waals surface area contributed by atoms with Gasteiger partial charge in [0, 0.05) is 13.1 Å². The third kappa shape index (κ3) is 2.77. The Morgan fingerprint density at radius 3 is 2.25 bits per heavy atom. The number of allylic oxidation sites excluding steroid dienone is 2. The number of nitrogens with zero attached hydrogens (tertiary/aromatic N) is 1. The van der Waals surface area contributed by atoms with E-state index in [2.05, 4.69) is 20.8 Å². The lowest BCUT2D eigenvalue weighted by molar-refractivity contribution is 0.421. The third-order valence-corrected chi connectivity index (χ3v) is 2.15. The van der Waals surface area contributed by atoms with Crippen molar-refractivity contribution in [3.63, 3.8) is 0 Å². The fraction of sp³-hybridized carbons (Fsp3) is 0.500. The van der Waals surface area contributed by atoms with Gasteiger partial charge in [-0.25, -0.2) is 0 Å². The molecule has 1 saturated heterocycles. The summed E-state index contributed by atoms with van der Waals surface area (Å²) in [5.74, 6) is 0.801. The first-order chi connectivity index (χ1) is 5.70. The number of hydrogen-bond acceptors (Lipinski definition) is 3. The molecule has 4 heteroatoms. The van der Waals surface area contributed by atoms with E-state index in [1.165, 1.54) is 12.8 Å². The van der Waals surface area contributed by atoms with Gasteiger partial charge in [-0.2, -0.15) is 0 Å². The molecule has 68 valence electrons. The van der Waals surface area contributed by atoms with E-state index in [0.29, 0.717) is 4.61 Å². The first kappa shape index (κ1) is 9.45. The Morgan fingerprint density at radius 2 is 1.75 bits per heavy atom. The molecule has 0 spiro atoms. The van der Waals surface area contributed by atoms with Crippen molar-refractivity contribution in [2.75, 3.05) is 13.1 Å². The summed E-state index contributed by atoms with van der Waals surface area (Å²) in [4.78, 5) is 2.16. The highest BCUT2D eigenvalue weighted by atomic mass is 79.9. The molecule has 12 heavy (non-hydrogen) atoms. The predicted octanol–water partition coefficient (Wildman–Crippen LogP) is 1.08.